The molecule has 7 aromatic carbocycles. The van der Waals surface area contributed by atoms with Gasteiger partial charge in [0.2, 0.25) is 0 Å². The fourth-order valence-electron chi connectivity index (χ4n) is 9.98. The standard InChI is InChI=1S/C66H67N4O.CH3.Pt/c1-62(2,3)46-28-31-57-56(39-46)55-30-29-53(42-60(55)70(57)61-40-47(32-33-67-61)63(4,5)6)71-54-38-48(64(7,8)9)35-52(41-54)69-43-68(58-26-20-21-27-59(58)69)51-36-49(65(10,11)44-22-16-14-17-23-44)34-50(37-51)66(12,13)45-24-18-15-19-25-45;;/h14-40,43H,1-13H3;1H3;/q-3;-1;+4. The van der Waals surface area contributed by atoms with E-state index in [4.69, 9.17) is 9.72 Å². The number of benzene rings is 7. The van der Waals surface area contributed by atoms with Crippen molar-refractivity contribution in [1.82, 2.24) is 9.55 Å². The molecule has 10 rings (SSSR count). The van der Waals surface area contributed by atoms with E-state index in [2.05, 4.69) is 275 Å². The Morgan fingerprint density at radius 3 is 1.58 bits per heavy atom. The smallest absolute Gasteiger partial charge is 0.509 e. The molecule has 0 bridgehead atoms. The summed E-state index contributed by atoms with van der Waals surface area (Å²) in [6.45, 7) is 31.8. The molecule has 0 spiro atoms. The summed E-state index contributed by atoms with van der Waals surface area (Å²) in [7, 11) is 0. The van der Waals surface area contributed by atoms with Crippen LogP contribution in [0.1, 0.15) is 129 Å². The first kappa shape index (κ1) is 52.9. The second kappa shape index (κ2) is 19.5. The Balaban J connectivity index is 0.00000356. The van der Waals surface area contributed by atoms with Crippen molar-refractivity contribution in [2.24, 2.45) is 0 Å². The number of anilines is 4. The number of nitrogens with zero attached hydrogens (tertiary/aromatic N) is 4. The van der Waals surface area contributed by atoms with E-state index in [0.717, 1.165) is 50.6 Å². The van der Waals surface area contributed by atoms with Gasteiger partial charge in [-0.25, -0.2) is 4.98 Å². The van der Waals surface area contributed by atoms with Gasteiger partial charge in [-0.3, -0.25) is 0 Å². The van der Waals surface area contributed by atoms with Crippen LogP contribution in [0.3, 0.4) is 0 Å². The molecular formula is C67H70N4OPt. The van der Waals surface area contributed by atoms with Crippen LogP contribution >= 0.6 is 0 Å². The van der Waals surface area contributed by atoms with E-state index in [-0.39, 0.29) is 55.6 Å². The van der Waals surface area contributed by atoms with Gasteiger partial charge in [-0.05, 0) is 97.5 Å². The van der Waals surface area contributed by atoms with Crippen LogP contribution in [-0.2, 0) is 48.1 Å². The van der Waals surface area contributed by atoms with Gasteiger partial charge in [-0.1, -0.05) is 187 Å². The quantitative estimate of drug-likeness (QED) is 0.135. The molecule has 73 heavy (non-hydrogen) atoms. The number of aromatic nitrogens is 2. The monoisotopic (exact) mass is 1140 g/mol. The number of rotatable bonds is 9. The first-order chi connectivity index (χ1) is 33.6. The molecule has 2 aromatic heterocycles. The summed E-state index contributed by atoms with van der Waals surface area (Å²) < 4.78 is 9.20. The summed E-state index contributed by atoms with van der Waals surface area (Å²) >= 11 is 0. The van der Waals surface area contributed by atoms with Gasteiger partial charge < -0.3 is 26.5 Å². The van der Waals surface area contributed by atoms with Crippen molar-refractivity contribution in [1.29, 1.82) is 0 Å². The minimum absolute atomic E-state index is 0. The van der Waals surface area contributed by atoms with Crippen LogP contribution in [0.15, 0.2) is 164 Å². The molecule has 0 amide bonds. The van der Waals surface area contributed by atoms with Crippen molar-refractivity contribution in [3.63, 3.8) is 0 Å². The van der Waals surface area contributed by atoms with E-state index >= 15 is 0 Å². The van der Waals surface area contributed by atoms with Crippen molar-refractivity contribution < 1.29 is 25.8 Å². The molecule has 3 heterocycles. The largest absolute Gasteiger partial charge is 4.00 e. The van der Waals surface area contributed by atoms with Gasteiger partial charge in [0.05, 0.1) is 0 Å². The van der Waals surface area contributed by atoms with Crippen molar-refractivity contribution in [3.05, 3.63) is 229 Å². The number of ether oxygens (including phenoxy) is 1. The summed E-state index contributed by atoms with van der Waals surface area (Å²) in [4.78, 5) is 9.57. The summed E-state index contributed by atoms with van der Waals surface area (Å²) in [5.41, 5.74) is 14.0. The minimum atomic E-state index is -0.268. The maximum Gasteiger partial charge on any atom is 4.00 e. The van der Waals surface area contributed by atoms with Gasteiger partial charge in [0.1, 0.15) is 5.82 Å². The molecule has 0 fully saturated rings. The Morgan fingerprint density at radius 1 is 0.452 bits per heavy atom. The Bertz CT molecular complexity index is 3370. The van der Waals surface area contributed by atoms with Gasteiger partial charge in [-0.2, -0.15) is 6.07 Å². The first-order valence-corrected chi connectivity index (χ1v) is 25.1. The minimum Gasteiger partial charge on any atom is -0.509 e. The number of pyridine rings is 1. The topological polar surface area (TPSA) is 33.5 Å². The SMILES string of the molecule is CC(C)(C)c1cc(Oc2[c-]c3c(cc2)c2cc(C(C)(C)C)ccc2n3-c2cc(C(C)(C)C)ccn2)[c-]c(N2[CH-]N(c3cc(C(C)(C)c4ccccc4)cc(C(C)(C)c4ccccc4)c3)c3ccccc32)c1.[CH3-].[Pt+4]. The molecule has 1 aliphatic rings. The molecule has 0 saturated carbocycles. The first-order valence-electron chi connectivity index (χ1n) is 25.1. The summed E-state index contributed by atoms with van der Waals surface area (Å²) in [6.07, 6.45) is 1.92. The van der Waals surface area contributed by atoms with E-state index in [1.165, 1.54) is 38.8 Å². The van der Waals surface area contributed by atoms with E-state index < -0.39 is 0 Å². The summed E-state index contributed by atoms with van der Waals surface area (Å²) in [6, 6.07) is 64.8. The summed E-state index contributed by atoms with van der Waals surface area (Å²) in [5.74, 6) is 2.09. The average molecular weight is 1140 g/mol. The molecule has 0 N–H and O–H groups in total. The second-order valence-corrected chi connectivity index (χ2v) is 23.6. The van der Waals surface area contributed by atoms with Gasteiger partial charge in [-0.15, -0.1) is 53.6 Å². The molecule has 1 aliphatic heterocycles. The molecule has 0 atom stereocenters. The molecule has 0 saturated heterocycles. The third-order valence-electron chi connectivity index (χ3n) is 14.8. The Labute approximate surface area is 450 Å². The Kier molecular flexibility index (Phi) is 14.1. The molecular weight excluding hydrogens is 1070 g/mol. The van der Waals surface area contributed by atoms with Crippen LogP contribution in [0.4, 0.5) is 22.7 Å². The van der Waals surface area contributed by atoms with Crippen LogP contribution in [0, 0.1) is 26.2 Å². The number of fused-ring (bicyclic) bond motifs is 4. The zero-order chi connectivity index (χ0) is 50.3. The normalized spacial score (nSPS) is 13.2. The fraction of sp³-hybridized carbons (Fsp3) is 0.269. The van der Waals surface area contributed by atoms with Crippen LogP contribution in [-0.4, -0.2) is 9.55 Å². The second-order valence-electron chi connectivity index (χ2n) is 23.6. The molecule has 9 aromatic rings. The van der Waals surface area contributed by atoms with Gasteiger partial charge in [0, 0.05) is 51.1 Å². The van der Waals surface area contributed by atoms with Crippen molar-refractivity contribution in [2.75, 3.05) is 9.80 Å². The van der Waals surface area contributed by atoms with E-state index in [0.29, 0.717) is 11.5 Å². The van der Waals surface area contributed by atoms with E-state index in [1.807, 2.05) is 12.3 Å². The van der Waals surface area contributed by atoms with Crippen molar-refractivity contribution in [2.45, 2.75) is 117 Å². The van der Waals surface area contributed by atoms with Crippen LogP contribution in [0.25, 0.3) is 27.6 Å². The number of hydrogen-bond acceptors (Lipinski definition) is 4. The number of para-hydroxylation sites is 2. The predicted octanol–water partition coefficient (Wildman–Crippen LogP) is 18.0. The van der Waals surface area contributed by atoms with E-state index in [1.54, 1.807) is 0 Å². The molecule has 0 radical (unpaired) electrons. The van der Waals surface area contributed by atoms with Gasteiger partial charge in [0.25, 0.3) is 0 Å². The van der Waals surface area contributed by atoms with Crippen molar-refractivity contribution in [3.8, 4) is 17.3 Å². The third kappa shape index (κ3) is 10.0. The number of hydrogen-bond donors (Lipinski definition) is 0. The predicted molar refractivity (Wildman–Crippen MR) is 304 cm³/mol. The van der Waals surface area contributed by atoms with Gasteiger partial charge in [0.15, 0.2) is 0 Å². The molecule has 0 unspecified atom stereocenters. The molecule has 6 heteroatoms. The van der Waals surface area contributed by atoms with Crippen molar-refractivity contribution >= 4 is 44.6 Å². The van der Waals surface area contributed by atoms with Crippen LogP contribution in [0.2, 0.25) is 0 Å². The Morgan fingerprint density at radius 2 is 1.00 bits per heavy atom. The summed E-state index contributed by atoms with van der Waals surface area (Å²) in [5, 5.41) is 2.27. The van der Waals surface area contributed by atoms with Crippen LogP contribution < -0.4 is 14.5 Å². The molecule has 5 nitrogen and oxygen atoms in total. The average Bonchev–Trinajstić information content (AvgIpc) is 3.89. The maximum atomic E-state index is 6.96. The van der Waals surface area contributed by atoms with Crippen LogP contribution in [0.5, 0.6) is 11.5 Å². The zero-order valence-corrected chi connectivity index (χ0v) is 47.5. The molecule has 0 aliphatic carbocycles. The Hall–Kier alpha value is -6.42. The van der Waals surface area contributed by atoms with E-state index in [9.17, 15) is 0 Å². The van der Waals surface area contributed by atoms with Gasteiger partial charge >= 0.3 is 21.1 Å². The fourth-order valence-corrected chi connectivity index (χ4v) is 9.98. The third-order valence-corrected chi connectivity index (χ3v) is 14.8. The molecule has 374 valence electrons. The zero-order valence-electron chi connectivity index (χ0n) is 45.2. The maximum absolute atomic E-state index is 6.96.